The molecule has 1 aromatic heterocycles. The van der Waals surface area contributed by atoms with Gasteiger partial charge in [0.2, 0.25) is 0 Å². The predicted molar refractivity (Wildman–Crippen MR) is 84.2 cm³/mol. The van der Waals surface area contributed by atoms with Gasteiger partial charge in [-0.25, -0.2) is 4.98 Å². The van der Waals surface area contributed by atoms with Crippen LogP contribution in [-0.2, 0) is 11.3 Å². The van der Waals surface area contributed by atoms with E-state index in [9.17, 15) is 0 Å². The fourth-order valence-electron chi connectivity index (χ4n) is 4.29. The molecule has 1 aromatic rings. The highest BCUT2D eigenvalue weighted by atomic mass is 16.5. The monoisotopic (exact) mass is 291 g/mol. The van der Waals surface area contributed by atoms with E-state index in [1.54, 1.807) is 0 Å². The van der Waals surface area contributed by atoms with Crippen LogP contribution < -0.4 is 5.32 Å². The van der Waals surface area contributed by atoms with Crippen molar-refractivity contribution in [2.24, 2.45) is 5.41 Å². The first-order chi connectivity index (χ1) is 10.3. The van der Waals surface area contributed by atoms with Gasteiger partial charge in [0, 0.05) is 37.0 Å². The fourth-order valence-corrected chi connectivity index (χ4v) is 4.29. The number of ether oxygens (including phenoxy) is 1. The molecule has 21 heavy (non-hydrogen) atoms. The summed E-state index contributed by atoms with van der Waals surface area (Å²) in [6, 6.07) is 0.699. The molecule has 4 heteroatoms. The van der Waals surface area contributed by atoms with E-state index in [-0.39, 0.29) is 0 Å². The molecule has 2 saturated carbocycles. The van der Waals surface area contributed by atoms with Gasteiger partial charge in [0.15, 0.2) is 0 Å². The van der Waals surface area contributed by atoms with Crippen molar-refractivity contribution in [3.63, 3.8) is 0 Å². The molecule has 2 fully saturated rings. The fraction of sp³-hybridized carbons (Fsp3) is 0.824. The van der Waals surface area contributed by atoms with Gasteiger partial charge in [-0.05, 0) is 45.6 Å². The van der Waals surface area contributed by atoms with E-state index < -0.39 is 0 Å². The summed E-state index contributed by atoms with van der Waals surface area (Å²) in [5, 5.41) is 3.82. The number of unbranched alkanes of at least 4 members (excludes halogenated alkanes) is 1. The number of aryl methyl sites for hydroxylation is 1. The van der Waals surface area contributed by atoms with Crippen LogP contribution in [0.2, 0.25) is 0 Å². The molecule has 1 spiro atoms. The van der Waals surface area contributed by atoms with E-state index in [0.29, 0.717) is 17.6 Å². The Kier molecular flexibility index (Phi) is 4.96. The van der Waals surface area contributed by atoms with E-state index in [4.69, 9.17) is 4.74 Å². The third-order valence-corrected chi connectivity index (χ3v) is 5.48. The number of imidazole rings is 1. The van der Waals surface area contributed by atoms with Crippen LogP contribution in [0.15, 0.2) is 18.7 Å². The minimum atomic E-state index is 0.473. The van der Waals surface area contributed by atoms with Gasteiger partial charge in [-0.1, -0.05) is 12.8 Å². The second-order valence-corrected chi connectivity index (χ2v) is 6.63. The van der Waals surface area contributed by atoms with Gasteiger partial charge in [-0.2, -0.15) is 0 Å². The molecule has 1 N–H and O–H groups in total. The Bertz CT molecular complexity index is 412. The molecule has 0 aliphatic heterocycles. The normalized spacial score (nSPS) is 27.1. The van der Waals surface area contributed by atoms with Crippen LogP contribution in [0.1, 0.15) is 51.9 Å². The summed E-state index contributed by atoms with van der Waals surface area (Å²) in [6.45, 7) is 5.21. The molecule has 2 aliphatic carbocycles. The van der Waals surface area contributed by atoms with E-state index in [2.05, 4.69) is 21.8 Å². The van der Waals surface area contributed by atoms with Crippen molar-refractivity contribution in [1.29, 1.82) is 0 Å². The van der Waals surface area contributed by atoms with Gasteiger partial charge in [-0.15, -0.1) is 0 Å². The summed E-state index contributed by atoms with van der Waals surface area (Å²) in [5.41, 5.74) is 0.473. The van der Waals surface area contributed by atoms with Gasteiger partial charge >= 0.3 is 0 Å². The summed E-state index contributed by atoms with van der Waals surface area (Å²) in [5.74, 6) is 0. The molecule has 2 unspecified atom stereocenters. The van der Waals surface area contributed by atoms with Crippen molar-refractivity contribution in [2.75, 3.05) is 13.2 Å². The lowest BCUT2D eigenvalue weighted by Gasteiger charge is -2.54. The molecule has 0 bridgehead atoms. The largest absolute Gasteiger partial charge is 0.378 e. The van der Waals surface area contributed by atoms with Crippen molar-refractivity contribution < 1.29 is 4.74 Å². The standard InChI is InChI=1S/C17H29N3O/c1-2-21-16-13-15(17(16)7-3-4-8-17)19-9-5-6-11-20-12-10-18-14-20/h10,12,14-16,19H,2-9,11,13H2,1H3. The van der Waals surface area contributed by atoms with E-state index in [1.807, 2.05) is 18.7 Å². The van der Waals surface area contributed by atoms with Crippen molar-refractivity contribution in [3.8, 4) is 0 Å². The Balaban J connectivity index is 1.37. The van der Waals surface area contributed by atoms with Gasteiger partial charge in [0.05, 0.1) is 12.4 Å². The number of nitrogens with zero attached hydrogens (tertiary/aromatic N) is 2. The van der Waals surface area contributed by atoms with Crippen LogP contribution in [0.25, 0.3) is 0 Å². The van der Waals surface area contributed by atoms with Crippen LogP contribution in [0.5, 0.6) is 0 Å². The molecule has 2 aliphatic rings. The van der Waals surface area contributed by atoms with Gasteiger partial charge < -0.3 is 14.6 Å². The Morgan fingerprint density at radius 2 is 2.19 bits per heavy atom. The highest BCUT2D eigenvalue weighted by Gasteiger charge is 2.56. The van der Waals surface area contributed by atoms with Gasteiger partial charge in [0.25, 0.3) is 0 Å². The third-order valence-electron chi connectivity index (χ3n) is 5.48. The lowest BCUT2D eigenvalue weighted by atomic mass is 9.60. The van der Waals surface area contributed by atoms with Crippen LogP contribution in [-0.4, -0.2) is 34.8 Å². The second-order valence-electron chi connectivity index (χ2n) is 6.63. The number of rotatable bonds is 8. The van der Waals surface area contributed by atoms with Crippen molar-refractivity contribution >= 4 is 0 Å². The average Bonchev–Trinajstić information content (AvgIpc) is 3.17. The molecular formula is C17H29N3O. The van der Waals surface area contributed by atoms with E-state index in [0.717, 1.165) is 19.7 Å². The van der Waals surface area contributed by atoms with Crippen molar-refractivity contribution in [2.45, 2.75) is 70.6 Å². The van der Waals surface area contributed by atoms with E-state index in [1.165, 1.54) is 44.9 Å². The molecule has 0 amide bonds. The summed E-state index contributed by atoms with van der Waals surface area (Å²) >= 11 is 0. The highest BCUT2D eigenvalue weighted by Crippen LogP contribution is 2.54. The summed E-state index contributed by atoms with van der Waals surface area (Å²) in [7, 11) is 0. The van der Waals surface area contributed by atoms with Crippen LogP contribution in [0, 0.1) is 5.41 Å². The number of hydrogen-bond donors (Lipinski definition) is 1. The maximum atomic E-state index is 5.97. The van der Waals surface area contributed by atoms with Crippen molar-refractivity contribution in [1.82, 2.24) is 14.9 Å². The minimum Gasteiger partial charge on any atom is -0.378 e. The van der Waals surface area contributed by atoms with Gasteiger partial charge in [0.1, 0.15) is 0 Å². The molecular weight excluding hydrogens is 262 g/mol. The number of aromatic nitrogens is 2. The Morgan fingerprint density at radius 3 is 2.90 bits per heavy atom. The van der Waals surface area contributed by atoms with Crippen LogP contribution in [0.4, 0.5) is 0 Å². The molecule has 0 radical (unpaired) electrons. The first-order valence-corrected chi connectivity index (χ1v) is 8.66. The summed E-state index contributed by atoms with van der Waals surface area (Å²) in [6.07, 6.45) is 15.5. The maximum Gasteiger partial charge on any atom is 0.0945 e. The molecule has 2 atom stereocenters. The molecule has 4 nitrogen and oxygen atoms in total. The van der Waals surface area contributed by atoms with Crippen molar-refractivity contribution in [3.05, 3.63) is 18.7 Å². The highest BCUT2D eigenvalue weighted by molar-refractivity contribution is 5.09. The molecule has 0 saturated heterocycles. The zero-order valence-corrected chi connectivity index (χ0v) is 13.3. The third kappa shape index (κ3) is 3.16. The number of nitrogens with one attached hydrogen (secondary N) is 1. The van der Waals surface area contributed by atoms with Gasteiger partial charge in [-0.3, -0.25) is 0 Å². The summed E-state index contributed by atoms with van der Waals surface area (Å²) in [4.78, 5) is 4.08. The second kappa shape index (κ2) is 6.93. The SMILES string of the molecule is CCOC1CC(NCCCCn2ccnc2)C12CCCC2. The van der Waals surface area contributed by atoms with E-state index >= 15 is 0 Å². The van der Waals surface area contributed by atoms with Crippen LogP contribution in [0.3, 0.4) is 0 Å². The Labute approximate surface area is 128 Å². The maximum absolute atomic E-state index is 5.97. The Hall–Kier alpha value is -0.870. The minimum absolute atomic E-state index is 0.473. The smallest absolute Gasteiger partial charge is 0.0945 e. The zero-order chi connectivity index (χ0) is 14.5. The average molecular weight is 291 g/mol. The Morgan fingerprint density at radius 1 is 1.33 bits per heavy atom. The first kappa shape index (κ1) is 15.0. The lowest BCUT2D eigenvalue weighted by Crippen LogP contribution is -2.62. The quantitative estimate of drug-likeness (QED) is 0.748. The molecule has 3 rings (SSSR count). The topological polar surface area (TPSA) is 39.1 Å². The number of hydrogen-bond acceptors (Lipinski definition) is 3. The molecule has 0 aromatic carbocycles. The predicted octanol–water partition coefficient (Wildman–Crippen LogP) is 2.99. The molecule has 1 heterocycles. The lowest BCUT2D eigenvalue weighted by molar-refractivity contribution is -0.130. The molecule has 118 valence electrons. The van der Waals surface area contributed by atoms with Crippen LogP contribution >= 0.6 is 0 Å². The summed E-state index contributed by atoms with van der Waals surface area (Å²) < 4.78 is 8.13. The zero-order valence-electron chi connectivity index (χ0n) is 13.3. The first-order valence-electron chi connectivity index (χ1n) is 8.66.